The van der Waals surface area contributed by atoms with Crippen LogP contribution in [0.2, 0.25) is 5.02 Å². The number of Topliss-reactive ketones (excluding diaryl/α,β-unsaturated/α-hetero) is 1. The number of halogens is 1. The van der Waals surface area contributed by atoms with Gasteiger partial charge in [-0.25, -0.2) is 9.80 Å². The molecule has 3 aromatic carbocycles. The number of nitro groups is 1. The van der Waals surface area contributed by atoms with E-state index in [4.69, 9.17) is 16.3 Å². The number of amides is 3. The van der Waals surface area contributed by atoms with E-state index in [2.05, 4.69) is 0 Å². The number of ether oxygens (including phenoxy) is 1. The first-order valence-corrected chi connectivity index (χ1v) is 13.6. The van der Waals surface area contributed by atoms with Crippen LogP contribution in [0.25, 0.3) is 0 Å². The van der Waals surface area contributed by atoms with E-state index in [0.717, 1.165) is 10.0 Å². The Bertz CT molecular complexity index is 1670. The summed E-state index contributed by atoms with van der Waals surface area (Å²) in [6.45, 7) is 1.19. The second-order valence-electron chi connectivity index (χ2n) is 10.1. The number of fused-ring (bicyclic) bond motifs is 1. The number of imide groups is 1. The third-order valence-corrected chi connectivity index (χ3v) is 7.75. The van der Waals surface area contributed by atoms with E-state index in [1.165, 1.54) is 60.7 Å². The van der Waals surface area contributed by atoms with Crippen LogP contribution in [0, 0.1) is 27.9 Å². The van der Waals surface area contributed by atoms with Crippen molar-refractivity contribution in [3.05, 3.63) is 117 Å². The van der Waals surface area contributed by atoms with E-state index >= 15 is 0 Å². The minimum atomic E-state index is -0.784. The van der Waals surface area contributed by atoms with Gasteiger partial charge in [0.1, 0.15) is 12.3 Å². The van der Waals surface area contributed by atoms with Crippen molar-refractivity contribution in [3.63, 3.8) is 0 Å². The molecule has 12 heteroatoms. The molecule has 0 aromatic heterocycles. The molecule has 3 atom stereocenters. The highest BCUT2D eigenvalue weighted by molar-refractivity contribution is 6.34. The van der Waals surface area contributed by atoms with Crippen molar-refractivity contribution in [2.45, 2.75) is 13.3 Å². The molecule has 0 spiro atoms. The van der Waals surface area contributed by atoms with Crippen molar-refractivity contribution >= 4 is 46.8 Å². The molecule has 0 bridgehead atoms. The van der Waals surface area contributed by atoms with E-state index in [9.17, 15) is 34.1 Å². The van der Waals surface area contributed by atoms with Crippen molar-refractivity contribution in [1.29, 1.82) is 0 Å². The molecule has 0 radical (unpaired) electrons. The van der Waals surface area contributed by atoms with Crippen LogP contribution in [0.3, 0.4) is 0 Å². The van der Waals surface area contributed by atoms with Crippen LogP contribution in [0.1, 0.15) is 44.4 Å². The third kappa shape index (κ3) is 5.80. The first-order valence-electron chi connectivity index (χ1n) is 13.3. The highest BCUT2D eigenvalue weighted by atomic mass is 35.5. The zero-order valence-corrected chi connectivity index (χ0v) is 23.5. The highest BCUT2D eigenvalue weighted by Crippen LogP contribution is 2.39. The summed E-state index contributed by atoms with van der Waals surface area (Å²) in [5.41, 5.74) is 0.0546. The van der Waals surface area contributed by atoms with Crippen LogP contribution in [-0.2, 0) is 9.59 Å². The summed E-state index contributed by atoms with van der Waals surface area (Å²) < 4.78 is 5.30. The summed E-state index contributed by atoms with van der Waals surface area (Å²) in [5, 5.41) is 12.5. The minimum Gasteiger partial charge on any atom is -0.423 e. The van der Waals surface area contributed by atoms with E-state index in [0.29, 0.717) is 6.42 Å². The van der Waals surface area contributed by atoms with Gasteiger partial charge in [-0.3, -0.25) is 29.3 Å². The summed E-state index contributed by atoms with van der Waals surface area (Å²) in [4.78, 5) is 76.8. The number of hydrogen-bond donors (Lipinski definition) is 0. The Morgan fingerprint density at radius 2 is 1.63 bits per heavy atom. The predicted molar refractivity (Wildman–Crippen MR) is 153 cm³/mol. The number of ketones is 1. The Kier molecular flexibility index (Phi) is 8.18. The normalized spacial score (nSPS) is 19.1. The molecular formula is C31H24ClN3O8. The number of nitro benzene ring substituents is 1. The van der Waals surface area contributed by atoms with E-state index in [1.54, 1.807) is 12.1 Å². The van der Waals surface area contributed by atoms with Crippen LogP contribution in [-0.4, -0.2) is 51.0 Å². The van der Waals surface area contributed by atoms with Gasteiger partial charge in [-0.15, -0.1) is 0 Å². The molecule has 11 nitrogen and oxygen atoms in total. The van der Waals surface area contributed by atoms with Crippen molar-refractivity contribution in [2.24, 2.45) is 17.8 Å². The minimum absolute atomic E-state index is 0.0205. The maximum atomic E-state index is 13.7. The summed E-state index contributed by atoms with van der Waals surface area (Å²) in [6, 6.07) is 16.5. The maximum absolute atomic E-state index is 13.7. The van der Waals surface area contributed by atoms with Crippen molar-refractivity contribution in [1.82, 2.24) is 10.0 Å². The lowest BCUT2D eigenvalue weighted by Gasteiger charge is -2.30. The first kappa shape index (κ1) is 29.3. The summed E-state index contributed by atoms with van der Waals surface area (Å²) in [7, 11) is 0. The van der Waals surface area contributed by atoms with Crippen LogP contribution < -0.4 is 4.74 Å². The quantitative estimate of drug-likeness (QED) is 0.0674. The lowest BCUT2D eigenvalue weighted by Crippen LogP contribution is -2.52. The van der Waals surface area contributed by atoms with Gasteiger partial charge in [0.15, 0.2) is 5.78 Å². The molecule has 5 rings (SSSR count). The number of esters is 1. The van der Waals surface area contributed by atoms with Gasteiger partial charge < -0.3 is 4.74 Å². The Morgan fingerprint density at radius 1 is 0.977 bits per heavy atom. The number of hydrazine groups is 1. The smallest absolute Gasteiger partial charge is 0.343 e. The lowest BCUT2D eigenvalue weighted by atomic mass is 9.78. The first-order chi connectivity index (χ1) is 20.6. The number of carbonyl (C=O) groups excluding carboxylic acids is 5. The van der Waals surface area contributed by atoms with Crippen LogP contribution >= 0.6 is 11.6 Å². The second kappa shape index (κ2) is 12.0. The molecule has 1 heterocycles. The monoisotopic (exact) mass is 601 g/mol. The number of nitrogens with zero attached hydrogens (tertiary/aromatic N) is 3. The van der Waals surface area contributed by atoms with Gasteiger partial charge in [-0.1, -0.05) is 42.8 Å². The molecule has 218 valence electrons. The van der Waals surface area contributed by atoms with Gasteiger partial charge in [0.25, 0.3) is 23.4 Å². The second-order valence-corrected chi connectivity index (χ2v) is 10.5. The van der Waals surface area contributed by atoms with E-state index < -0.39 is 52.8 Å². The van der Waals surface area contributed by atoms with Gasteiger partial charge in [-0.2, -0.15) is 5.01 Å². The summed E-state index contributed by atoms with van der Waals surface area (Å²) in [6.07, 6.45) is 4.04. The number of rotatable bonds is 8. The van der Waals surface area contributed by atoms with Gasteiger partial charge in [0.2, 0.25) is 0 Å². The third-order valence-electron chi connectivity index (χ3n) is 7.42. The van der Waals surface area contributed by atoms with Gasteiger partial charge >= 0.3 is 5.97 Å². The Labute approximate surface area is 250 Å². The van der Waals surface area contributed by atoms with Gasteiger partial charge in [0, 0.05) is 17.7 Å². The average molecular weight is 602 g/mol. The Balaban J connectivity index is 1.36. The molecule has 0 N–H and O–H groups in total. The molecule has 1 fully saturated rings. The summed E-state index contributed by atoms with van der Waals surface area (Å²) >= 11 is 6.26. The Morgan fingerprint density at radius 3 is 2.26 bits per heavy atom. The fourth-order valence-electron chi connectivity index (χ4n) is 5.20. The number of non-ortho nitro benzene ring substituents is 1. The molecule has 0 saturated carbocycles. The molecular weight excluding hydrogens is 578 g/mol. The van der Waals surface area contributed by atoms with Crippen LogP contribution in [0.5, 0.6) is 5.75 Å². The fraction of sp³-hybridized carbons (Fsp3) is 0.194. The predicted octanol–water partition coefficient (Wildman–Crippen LogP) is 4.90. The van der Waals surface area contributed by atoms with Gasteiger partial charge in [-0.05, 0) is 60.9 Å². The fourth-order valence-corrected chi connectivity index (χ4v) is 5.41. The largest absolute Gasteiger partial charge is 0.423 e. The topological polar surface area (TPSA) is 144 Å². The van der Waals surface area contributed by atoms with Crippen molar-refractivity contribution in [3.8, 4) is 5.75 Å². The number of benzene rings is 3. The van der Waals surface area contributed by atoms with Crippen molar-refractivity contribution in [2.75, 3.05) is 6.54 Å². The number of carbonyl (C=O) groups is 5. The Hall–Kier alpha value is -5.16. The van der Waals surface area contributed by atoms with Crippen LogP contribution in [0.4, 0.5) is 5.69 Å². The molecule has 43 heavy (non-hydrogen) atoms. The van der Waals surface area contributed by atoms with Crippen LogP contribution in [0.15, 0.2) is 84.9 Å². The standard InChI is InChI=1S/C31H24ClN3O8/c1-18-5-4-7-24-27(18)30(39)34(29(24)38)33(28(37)23-6-2-3-8-25(23)32)17-26(36)19-11-15-22(16-12-19)43-31(40)20-9-13-21(14-10-20)35(41)42/h2-6,8-16,18,24,27H,7,17H2,1H3/t18-,24+,27-/m1/s1. The highest BCUT2D eigenvalue weighted by Gasteiger charge is 2.53. The summed E-state index contributed by atoms with van der Waals surface area (Å²) in [5.74, 6) is -4.69. The van der Waals surface area contributed by atoms with E-state index in [1.807, 2.05) is 19.1 Å². The maximum Gasteiger partial charge on any atom is 0.343 e. The average Bonchev–Trinajstić information content (AvgIpc) is 3.26. The number of allylic oxidation sites excluding steroid dienone is 2. The molecule has 0 unspecified atom stereocenters. The molecule has 2 aliphatic rings. The molecule has 1 aliphatic heterocycles. The molecule has 1 aliphatic carbocycles. The van der Waals surface area contributed by atoms with Crippen molar-refractivity contribution < 1.29 is 33.6 Å². The zero-order valence-electron chi connectivity index (χ0n) is 22.7. The SMILES string of the molecule is C[C@@H]1C=CC[C@@H]2C(=O)N(N(CC(=O)c3ccc(OC(=O)c4ccc([N+](=O)[O-])cc4)cc3)C(=O)c3ccccc3Cl)C(=O)[C@H]12. The number of hydrogen-bond acceptors (Lipinski definition) is 8. The van der Waals surface area contributed by atoms with E-state index in [-0.39, 0.29) is 39.1 Å². The zero-order chi connectivity index (χ0) is 30.8. The molecule has 1 saturated heterocycles. The van der Waals surface area contributed by atoms with Gasteiger partial charge in [0.05, 0.1) is 32.9 Å². The molecule has 3 aromatic rings. The lowest BCUT2D eigenvalue weighted by molar-refractivity contribution is -0.384. The molecule has 3 amide bonds.